The van der Waals surface area contributed by atoms with Gasteiger partial charge < -0.3 is 10.6 Å². The lowest BCUT2D eigenvalue weighted by Crippen LogP contribution is -2.26. The van der Waals surface area contributed by atoms with E-state index >= 15 is 0 Å². The second-order valence-electron chi connectivity index (χ2n) is 2.85. The molecule has 2 N–H and O–H groups in total. The van der Waals surface area contributed by atoms with Crippen molar-refractivity contribution >= 4 is 37.8 Å². The predicted octanol–water partition coefficient (Wildman–Crippen LogP) is 1.78. The molecule has 14 heavy (non-hydrogen) atoms. The Balaban J connectivity index is 3.14. The number of rotatable bonds is 8. The first-order valence-electron chi connectivity index (χ1n) is 4.51. The van der Waals surface area contributed by atoms with Crippen LogP contribution in [0.15, 0.2) is 12.3 Å². The number of carbonyl (C=O) groups excluding carboxylic acids is 1. The first kappa shape index (κ1) is 14.0. The number of allylic oxidation sites excluding steroid dienone is 1. The molecule has 0 aliphatic carbocycles. The number of hydrogen-bond donors (Lipinski definition) is 2. The molecule has 0 aromatic heterocycles. The molecule has 0 saturated heterocycles. The molecule has 82 valence electrons. The maximum Gasteiger partial charge on any atom is 0.230 e. The lowest BCUT2D eigenvalue weighted by molar-refractivity contribution is -0.118. The third-order valence-corrected chi connectivity index (χ3v) is 2.77. The third kappa shape index (κ3) is 8.56. The highest BCUT2D eigenvalue weighted by Gasteiger charge is 1.95. The van der Waals surface area contributed by atoms with Gasteiger partial charge in [-0.2, -0.15) is 0 Å². The fourth-order valence-corrected chi connectivity index (χ4v) is 1.23. The number of alkyl halides is 2. The topological polar surface area (TPSA) is 41.1 Å². The molecule has 0 aromatic rings. The van der Waals surface area contributed by atoms with Gasteiger partial charge in [0, 0.05) is 24.1 Å². The van der Waals surface area contributed by atoms with Crippen LogP contribution in [0, 0.1) is 0 Å². The van der Waals surface area contributed by atoms with Gasteiger partial charge >= 0.3 is 0 Å². The largest absolute Gasteiger partial charge is 0.388 e. The number of carbonyl (C=O) groups is 1. The van der Waals surface area contributed by atoms with Crippen LogP contribution in [0.3, 0.4) is 0 Å². The Morgan fingerprint density at radius 2 is 1.64 bits per heavy atom. The zero-order valence-electron chi connectivity index (χ0n) is 8.11. The summed E-state index contributed by atoms with van der Waals surface area (Å²) in [5, 5.41) is 7.13. The number of nitrogens with one attached hydrogen (secondary N) is 2. The smallest absolute Gasteiger partial charge is 0.230 e. The van der Waals surface area contributed by atoms with Crippen LogP contribution in [-0.2, 0) is 4.79 Å². The molecule has 0 rings (SSSR count). The Labute approximate surface area is 102 Å². The number of halogens is 2. The average molecular weight is 328 g/mol. The minimum Gasteiger partial charge on any atom is -0.388 e. The highest BCUT2D eigenvalue weighted by Crippen LogP contribution is 1.92. The fourth-order valence-electron chi connectivity index (χ4n) is 0.837. The van der Waals surface area contributed by atoms with E-state index in [1.807, 2.05) is 0 Å². The molecule has 0 bridgehead atoms. The minimum atomic E-state index is 0.0443. The van der Waals surface area contributed by atoms with Gasteiger partial charge in [0.1, 0.15) is 0 Å². The highest BCUT2D eigenvalue weighted by atomic mass is 79.9. The summed E-state index contributed by atoms with van der Waals surface area (Å²) in [6, 6.07) is 0. The zero-order valence-corrected chi connectivity index (χ0v) is 11.3. The Kier molecular flexibility index (Phi) is 9.50. The molecule has 0 aliphatic rings. The van der Waals surface area contributed by atoms with Gasteiger partial charge in [0.05, 0.1) is 5.33 Å². The van der Waals surface area contributed by atoms with E-state index < -0.39 is 0 Å². The van der Waals surface area contributed by atoms with E-state index in [0.717, 1.165) is 37.0 Å². The molecule has 0 atom stereocenters. The number of amides is 1. The van der Waals surface area contributed by atoms with Crippen molar-refractivity contribution in [2.24, 2.45) is 0 Å². The molecule has 5 heteroatoms. The van der Waals surface area contributed by atoms with Gasteiger partial charge in [0.2, 0.25) is 5.91 Å². The van der Waals surface area contributed by atoms with Crippen molar-refractivity contribution in [3.8, 4) is 0 Å². The van der Waals surface area contributed by atoms with Crippen LogP contribution >= 0.6 is 31.9 Å². The molecule has 0 aliphatic heterocycles. The maximum atomic E-state index is 10.8. The molecule has 0 spiro atoms. The van der Waals surface area contributed by atoms with E-state index in [4.69, 9.17) is 0 Å². The Hall–Kier alpha value is -0.0300. The van der Waals surface area contributed by atoms with Gasteiger partial charge in [-0.3, -0.25) is 4.79 Å². The average Bonchev–Trinajstić information content (AvgIpc) is 2.22. The summed E-state index contributed by atoms with van der Waals surface area (Å²) in [6.07, 6.45) is 2.02. The SMILES string of the molecule is C=C(CBr)NCCCCNC(=O)CBr. The van der Waals surface area contributed by atoms with Crippen molar-refractivity contribution < 1.29 is 4.79 Å². The van der Waals surface area contributed by atoms with E-state index in [0.29, 0.717) is 5.33 Å². The molecule has 1 amide bonds. The maximum absolute atomic E-state index is 10.8. The highest BCUT2D eigenvalue weighted by molar-refractivity contribution is 9.09. The van der Waals surface area contributed by atoms with Crippen LogP contribution in [0.4, 0.5) is 0 Å². The molecule has 3 nitrogen and oxygen atoms in total. The molecular weight excluding hydrogens is 312 g/mol. The van der Waals surface area contributed by atoms with Gasteiger partial charge in [-0.1, -0.05) is 38.4 Å². The van der Waals surface area contributed by atoms with Gasteiger partial charge in [0.15, 0.2) is 0 Å². The monoisotopic (exact) mass is 326 g/mol. The van der Waals surface area contributed by atoms with Crippen molar-refractivity contribution in [1.29, 1.82) is 0 Å². The lowest BCUT2D eigenvalue weighted by atomic mass is 10.3. The van der Waals surface area contributed by atoms with Gasteiger partial charge in [0.25, 0.3) is 0 Å². The van der Waals surface area contributed by atoms with E-state index in [-0.39, 0.29) is 5.91 Å². The fraction of sp³-hybridized carbons (Fsp3) is 0.667. The molecule has 0 unspecified atom stereocenters. The van der Waals surface area contributed by atoms with Crippen molar-refractivity contribution in [3.63, 3.8) is 0 Å². The summed E-state index contributed by atoms with van der Waals surface area (Å²) >= 11 is 6.39. The molecule has 0 fully saturated rings. The summed E-state index contributed by atoms with van der Waals surface area (Å²) in [5.41, 5.74) is 0.995. The van der Waals surface area contributed by atoms with E-state index in [1.54, 1.807) is 0 Å². The Morgan fingerprint density at radius 1 is 1.07 bits per heavy atom. The van der Waals surface area contributed by atoms with Crippen LogP contribution in [-0.4, -0.2) is 29.7 Å². The van der Waals surface area contributed by atoms with Crippen LogP contribution in [0.2, 0.25) is 0 Å². The summed E-state index contributed by atoms with van der Waals surface area (Å²) in [6.45, 7) is 5.45. The standard InChI is InChI=1S/C9H16Br2N2O/c1-8(6-10)12-4-2-3-5-13-9(14)7-11/h12H,1-7H2,(H,13,14). The molecule has 0 aromatic carbocycles. The number of hydrogen-bond acceptors (Lipinski definition) is 2. The Bertz CT molecular complexity index is 166. The van der Waals surface area contributed by atoms with E-state index in [1.165, 1.54) is 0 Å². The summed E-state index contributed by atoms with van der Waals surface area (Å²) in [7, 11) is 0. The molecule has 0 radical (unpaired) electrons. The molecular formula is C9H16Br2N2O. The van der Waals surface area contributed by atoms with Crippen molar-refractivity contribution in [1.82, 2.24) is 10.6 Å². The summed E-state index contributed by atoms with van der Waals surface area (Å²) < 4.78 is 0. The van der Waals surface area contributed by atoms with Crippen molar-refractivity contribution in [3.05, 3.63) is 12.3 Å². The van der Waals surface area contributed by atoms with Gasteiger partial charge in [-0.05, 0) is 12.8 Å². The van der Waals surface area contributed by atoms with Crippen LogP contribution in [0.5, 0.6) is 0 Å². The molecule has 0 heterocycles. The van der Waals surface area contributed by atoms with Gasteiger partial charge in [-0.15, -0.1) is 0 Å². The first-order chi connectivity index (χ1) is 6.70. The predicted molar refractivity (Wildman–Crippen MR) is 67.0 cm³/mol. The van der Waals surface area contributed by atoms with Crippen LogP contribution < -0.4 is 10.6 Å². The third-order valence-electron chi connectivity index (χ3n) is 1.58. The normalized spacial score (nSPS) is 9.57. The van der Waals surface area contributed by atoms with Gasteiger partial charge in [-0.25, -0.2) is 0 Å². The second-order valence-corrected chi connectivity index (χ2v) is 3.98. The van der Waals surface area contributed by atoms with Crippen LogP contribution in [0.1, 0.15) is 12.8 Å². The van der Waals surface area contributed by atoms with E-state index in [9.17, 15) is 4.79 Å². The lowest BCUT2D eigenvalue weighted by Gasteiger charge is -2.06. The van der Waals surface area contributed by atoms with Crippen molar-refractivity contribution in [2.45, 2.75) is 12.8 Å². The summed E-state index contributed by atoms with van der Waals surface area (Å²) in [4.78, 5) is 10.8. The van der Waals surface area contributed by atoms with Crippen molar-refractivity contribution in [2.75, 3.05) is 23.7 Å². The zero-order chi connectivity index (χ0) is 10.8. The second kappa shape index (κ2) is 9.52. The number of unbranched alkanes of at least 4 members (excludes halogenated alkanes) is 1. The Morgan fingerprint density at radius 3 is 2.14 bits per heavy atom. The molecule has 0 saturated carbocycles. The van der Waals surface area contributed by atoms with E-state index in [2.05, 4.69) is 49.1 Å². The first-order valence-corrected chi connectivity index (χ1v) is 6.75. The van der Waals surface area contributed by atoms with Crippen LogP contribution in [0.25, 0.3) is 0 Å². The summed E-state index contributed by atoms with van der Waals surface area (Å²) in [5.74, 6) is 0.0443. The minimum absolute atomic E-state index is 0.0443. The quantitative estimate of drug-likeness (QED) is 0.527.